The first kappa shape index (κ1) is 28.6. The van der Waals surface area contributed by atoms with Gasteiger partial charge in [-0.1, -0.05) is 62.8 Å². The average molecular weight is 629 g/mol. The number of benzene rings is 1. The number of halogens is 1. The van der Waals surface area contributed by atoms with E-state index in [0.29, 0.717) is 51.9 Å². The number of aromatic nitrogens is 1. The zero-order valence-corrected chi connectivity index (χ0v) is 25.6. The van der Waals surface area contributed by atoms with E-state index >= 15 is 0 Å². The maximum atomic E-state index is 14.0. The van der Waals surface area contributed by atoms with E-state index in [0.717, 1.165) is 35.4 Å². The molecular weight excluding hydrogens is 594 g/mol. The van der Waals surface area contributed by atoms with Crippen LogP contribution in [0.4, 0.5) is 5.88 Å². The van der Waals surface area contributed by atoms with Crippen molar-refractivity contribution in [2.24, 2.45) is 4.99 Å². The van der Waals surface area contributed by atoms with E-state index in [-0.39, 0.29) is 12.2 Å². The van der Waals surface area contributed by atoms with Gasteiger partial charge in [-0.25, -0.2) is 9.79 Å². The van der Waals surface area contributed by atoms with Crippen molar-refractivity contribution in [2.45, 2.75) is 52.5 Å². The molecule has 0 N–H and O–H groups in total. The number of hydrogen-bond donors (Lipinski definition) is 0. The van der Waals surface area contributed by atoms with Crippen LogP contribution >= 0.6 is 27.3 Å². The van der Waals surface area contributed by atoms with Crippen molar-refractivity contribution in [1.29, 1.82) is 0 Å². The van der Waals surface area contributed by atoms with Gasteiger partial charge in [0.25, 0.3) is 5.56 Å². The molecule has 0 saturated carbocycles. The SMILES string of the molecule is CCCC1=C(C(=O)OCC)[C@H](c2ccc(C(C)C)cc2)n2c(s/c(=C/c3cc(Br)c(N4CCOCC4)o3)c2=O)=N1. The molecule has 5 rings (SSSR count). The zero-order chi connectivity index (χ0) is 28.4. The number of anilines is 1. The van der Waals surface area contributed by atoms with Gasteiger partial charge in [-0.15, -0.1) is 0 Å². The lowest BCUT2D eigenvalue weighted by Gasteiger charge is -2.26. The van der Waals surface area contributed by atoms with E-state index in [9.17, 15) is 9.59 Å². The molecule has 4 heterocycles. The van der Waals surface area contributed by atoms with Crippen LogP contribution in [0.15, 0.2) is 60.3 Å². The number of nitrogens with zero attached hydrogens (tertiary/aromatic N) is 3. The number of morpholine rings is 1. The number of hydrogen-bond acceptors (Lipinski definition) is 8. The number of carbonyl (C=O) groups excluding carboxylic acids is 1. The zero-order valence-electron chi connectivity index (χ0n) is 23.2. The highest BCUT2D eigenvalue weighted by Crippen LogP contribution is 2.34. The minimum atomic E-state index is -0.632. The smallest absolute Gasteiger partial charge is 0.338 e. The highest BCUT2D eigenvalue weighted by atomic mass is 79.9. The molecule has 0 unspecified atom stereocenters. The molecule has 0 aliphatic carbocycles. The third-order valence-corrected chi connectivity index (χ3v) is 8.62. The lowest BCUT2D eigenvalue weighted by atomic mass is 9.92. The summed E-state index contributed by atoms with van der Waals surface area (Å²) >= 11 is 4.91. The summed E-state index contributed by atoms with van der Waals surface area (Å²) in [6, 6.07) is 9.37. The van der Waals surface area contributed by atoms with E-state index in [2.05, 4.69) is 46.8 Å². The van der Waals surface area contributed by atoms with Crippen molar-refractivity contribution < 1.29 is 18.7 Å². The van der Waals surface area contributed by atoms with Gasteiger partial charge in [-0.3, -0.25) is 9.36 Å². The van der Waals surface area contributed by atoms with Gasteiger partial charge in [0.05, 0.1) is 46.1 Å². The van der Waals surface area contributed by atoms with Crippen LogP contribution in [0.25, 0.3) is 6.08 Å². The Labute approximate surface area is 245 Å². The number of carbonyl (C=O) groups is 1. The van der Waals surface area contributed by atoms with Crippen LogP contribution in [0, 0.1) is 0 Å². The van der Waals surface area contributed by atoms with E-state index in [1.807, 2.05) is 25.1 Å². The Balaban J connectivity index is 1.65. The molecule has 0 spiro atoms. The van der Waals surface area contributed by atoms with Crippen molar-refractivity contribution in [3.8, 4) is 0 Å². The van der Waals surface area contributed by atoms with Gasteiger partial charge in [0, 0.05) is 25.2 Å². The molecule has 1 saturated heterocycles. The summed E-state index contributed by atoms with van der Waals surface area (Å²) in [5.41, 5.74) is 2.90. The molecule has 2 aliphatic rings. The third-order valence-electron chi connectivity index (χ3n) is 7.07. The van der Waals surface area contributed by atoms with Crippen molar-refractivity contribution >= 4 is 45.2 Å². The Morgan fingerprint density at radius 1 is 1.23 bits per heavy atom. The van der Waals surface area contributed by atoms with Crippen molar-refractivity contribution in [2.75, 3.05) is 37.8 Å². The number of esters is 1. The van der Waals surface area contributed by atoms with Crippen molar-refractivity contribution in [1.82, 2.24) is 4.57 Å². The minimum absolute atomic E-state index is 0.223. The maximum Gasteiger partial charge on any atom is 0.338 e. The Bertz CT molecular complexity index is 1590. The van der Waals surface area contributed by atoms with Crippen molar-refractivity contribution in [3.05, 3.63) is 82.6 Å². The molecule has 1 atom stereocenters. The molecule has 0 amide bonds. The first-order valence-corrected chi connectivity index (χ1v) is 15.4. The monoisotopic (exact) mass is 627 g/mol. The standard InChI is InChI=1S/C30H34BrN3O5S/c1-5-7-23-25(29(36)38-6-2)26(20-10-8-19(9-11-20)18(3)4)34-27(35)24(40-30(34)32-23)17-21-16-22(31)28(39-21)33-12-14-37-15-13-33/h8-11,16-18,26H,5-7,12-15H2,1-4H3/b24-17+/t26-/m0/s1. The average Bonchev–Trinajstić information content (AvgIpc) is 3.47. The third kappa shape index (κ3) is 5.62. The van der Waals surface area contributed by atoms with E-state index in [1.54, 1.807) is 17.6 Å². The van der Waals surface area contributed by atoms with Gasteiger partial charge < -0.3 is 18.8 Å². The van der Waals surface area contributed by atoms with Gasteiger partial charge in [-0.2, -0.15) is 0 Å². The molecule has 0 radical (unpaired) electrons. The summed E-state index contributed by atoms with van der Waals surface area (Å²) in [7, 11) is 0. The Hall–Kier alpha value is -2.95. The second kappa shape index (κ2) is 12.3. The fourth-order valence-corrected chi connectivity index (χ4v) is 6.62. The number of thiazole rings is 1. The summed E-state index contributed by atoms with van der Waals surface area (Å²) in [5.74, 6) is 1.21. The van der Waals surface area contributed by atoms with Crippen LogP contribution in [0.1, 0.15) is 69.4 Å². The summed E-state index contributed by atoms with van der Waals surface area (Å²) in [6.45, 7) is 11.1. The number of allylic oxidation sites excluding steroid dienone is 1. The number of rotatable bonds is 8. The van der Waals surface area contributed by atoms with Gasteiger partial charge >= 0.3 is 5.97 Å². The van der Waals surface area contributed by atoms with Crippen LogP contribution in [0.3, 0.4) is 0 Å². The Morgan fingerprint density at radius 2 is 1.95 bits per heavy atom. The lowest BCUT2D eigenvalue weighted by Crippen LogP contribution is -2.40. The molecule has 3 aromatic rings. The molecule has 212 valence electrons. The normalized spacial score (nSPS) is 17.8. The second-order valence-corrected chi connectivity index (χ2v) is 12.0. The highest BCUT2D eigenvalue weighted by Gasteiger charge is 2.34. The summed E-state index contributed by atoms with van der Waals surface area (Å²) in [4.78, 5) is 34.9. The van der Waals surface area contributed by atoms with E-state index < -0.39 is 12.0 Å². The maximum absolute atomic E-state index is 14.0. The van der Waals surface area contributed by atoms with Gasteiger partial charge in [0.2, 0.25) is 5.88 Å². The van der Waals surface area contributed by atoms with Gasteiger partial charge in [0.15, 0.2) is 4.80 Å². The molecular formula is C30H34BrN3O5S. The fourth-order valence-electron chi connectivity index (χ4n) is 5.06. The predicted molar refractivity (Wildman–Crippen MR) is 160 cm³/mol. The molecule has 10 heteroatoms. The van der Waals surface area contributed by atoms with Crippen LogP contribution in [-0.2, 0) is 14.3 Å². The molecule has 1 fully saturated rings. The Kier molecular flexibility index (Phi) is 8.77. The van der Waals surface area contributed by atoms with Crippen LogP contribution in [-0.4, -0.2) is 43.4 Å². The summed E-state index contributed by atoms with van der Waals surface area (Å²) in [5, 5.41) is 0. The van der Waals surface area contributed by atoms with Gasteiger partial charge in [0.1, 0.15) is 5.76 Å². The quantitative estimate of drug-likeness (QED) is 0.330. The second-order valence-electron chi connectivity index (χ2n) is 10.1. The molecule has 1 aromatic carbocycles. The largest absolute Gasteiger partial charge is 0.463 e. The number of ether oxygens (including phenoxy) is 2. The molecule has 0 bridgehead atoms. The summed E-state index contributed by atoms with van der Waals surface area (Å²) < 4.78 is 20.0. The molecule has 8 nitrogen and oxygen atoms in total. The summed E-state index contributed by atoms with van der Waals surface area (Å²) in [6.07, 6.45) is 3.17. The van der Waals surface area contributed by atoms with Crippen molar-refractivity contribution in [3.63, 3.8) is 0 Å². The van der Waals surface area contributed by atoms with Crippen LogP contribution < -0.4 is 19.8 Å². The number of furan rings is 1. The lowest BCUT2D eigenvalue weighted by molar-refractivity contribution is -0.139. The Morgan fingerprint density at radius 3 is 2.60 bits per heavy atom. The van der Waals surface area contributed by atoms with E-state index in [4.69, 9.17) is 18.9 Å². The first-order chi connectivity index (χ1) is 19.3. The van der Waals surface area contributed by atoms with Crippen LogP contribution in [0.2, 0.25) is 0 Å². The highest BCUT2D eigenvalue weighted by molar-refractivity contribution is 9.10. The predicted octanol–water partition coefficient (Wildman–Crippen LogP) is 4.89. The van der Waals surface area contributed by atoms with E-state index in [1.165, 1.54) is 16.9 Å². The fraction of sp³-hybridized carbons (Fsp3) is 0.433. The first-order valence-electron chi connectivity index (χ1n) is 13.8. The van der Waals surface area contributed by atoms with Gasteiger partial charge in [-0.05, 0) is 46.3 Å². The molecule has 2 aliphatic heterocycles. The molecule has 2 aromatic heterocycles. The number of fused-ring (bicyclic) bond motifs is 1. The minimum Gasteiger partial charge on any atom is -0.463 e. The molecule has 40 heavy (non-hydrogen) atoms. The van der Waals surface area contributed by atoms with Crippen LogP contribution in [0.5, 0.6) is 0 Å². The topological polar surface area (TPSA) is 86.3 Å².